The highest BCUT2D eigenvalue weighted by molar-refractivity contribution is 6.31. The fraction of sp³-hybridized carbons (Fsp3) is 0.489. The molecule has 10 rings (SSSR count). The van der Waals surface area contributed by atoms with Gasteiger partial charge in [-0.2, -0.15) is 5.26 Å². The molecule has 6 fully saturated rings. The summed E-state index contributed by atoms with van der Waals surface area (Å²) in [6.07, 6.45) is 10.3. The van der Waals surface area contributed by atoms with Crippen molar-refractivity contribution < 1.29 is 28.7 Å². The molecule has 0 radical (unpaired) electrons. The molecule has 1 N–H and O–H groups in total. The molecule has 60 heavy (non-hydrogen) atoms. The van der Waals surface area contributed by atoms with E-state index in [9.17, 15) is 29.2 Å². The Morgan fingerprint density at radius 3 is 2.22 bits per heavy atom. The summed E-state index contributed by atoms with van der Waals surface area (Å²) in [6, 6.07) is 20.9. The van der Waals surface area contributed by atoms with Crippen molar-refractivity contribution in [3.05, 3.63) is 93.5 Å². The van der Waals surface area contributed by atoms with Gasteiger partial charge in [-0.1, -0.05) is 23.7 Å². The second kappa shape index (κ2) is 15.3. The normalized spacial score (nSPS) is 30.2. The number of benzene rings is 3. The highest BCUT2D eigenvalue weighted by Crippen LogP contribution is 2.56. The van der Waals surface area contributed by atoms with E-state index in [0.717, 1.165) is 99.3 Å². The molecule has 3 aromatic rings. The smallest absolute Gasteiger partial charge is 0.262 e. The van der Waals surface area contributed by atoms with Crippen LogP contribution in [0.4, 0.5) is 5.69 Å². The van der Waals surface area contributed by atoms with Crippen LogP contribution in [0.15, 0.2) is 60.7 Å². The van der Waals surface area contributed by atoms with Gasteiger partial charge in [0.2, 0.25) is 11.8 Å². The number of amides is 5. The van der Waals surface area contributed by atoms with Gasteiger partial charge in [0, 0.05) is 80.9 Å². The Bertz CT molecular complexity index is 2290. The zero-order chi connectivity index (χ0) is 41.3. The molecular formula is C47H49ClN6O6. The first-order chi connectivity index (χ1) is 29.1. The van der Waals surface area contributed by atoms with Gasteiger partial charge in [-0.3, -0.25) is 39.1 Å². The highest BCUT2D eigenvalue weighted by Gasteiger charge is 2.51. The Labute approximate surface area is 354 Å². The minimum absolute atomic E-state index is 0.00274. The summed E-state index contributed by atoms with van der Waals surface area (Å²) >= 11 is 6.23. The summed E-state index contributed by atoms with van der Waals surface area (Å²) in [6.45, 7) is 3.91. The van der Waals surface area contributed by atoms with Crippen LogP contribution in [0.25, 0.3) is 0 Å². The SMILES string of the molecule is N#Cc1ccc(OC2CC3CCC(C2)N3C(=O)c2ccc(N3CCN(C4CC5(CCC(c6cccc7c6C(=O)N(C6CCC(=O)NC6=O)C7=O)CC5)C4)CC3)cc2)cc1Cl. The van der Waals surface area contributed by atoms with Crippen LogP contribution in [0, 0.1) is 16.7 Å². The topological polar surface area (TPSA) is 143 Å². The molecule has 310 valence electrons. The van der Waals surface area contributed by atoms with Crippen molar-refractivity contribution in [1.29, 1.82) is 5.26 Å². The van der Waals surface area contributed by atoms with Crippen molar-refractivity contribution in [1.82, 2.24) is 20.0 Å². The zero-order valence-electron chi connectivity index (χ0n) is 33.6. The molecule has 5 amide bonds. The van der Waals surface area contributed by atoms with E-state index in [2.05, 4.69) is 38.2 Å². The number of carbonyl (C=O) groups is 5. The number of rotatable bonds is 7. The lowest BCUT2D eigenvalue weighted by Gasteiger charge is -2.56. The molecule has 3 unspecified atom stereocenters. The third-order valence-electron chi connectivity index (χ3n) is 14.9. The number of piperidine rings is 2. The molecule has 2 saturated carbocycles. The molecule has 5 heterocycles. The predicted molar refractivity (Wildman–Crippen MR) is 223 cm³/mol. The lowest BCUT2D eigenvalue weighted by atomic mass is 9.56. The minimum Gasteiger partial charge on any atom is -0.490 e. The molecule has 3 atom stereocenters. The minimum atomic E-state index is -0.955. The lowest BCUT2D eigenvalue weighted by Crippen LogP contribution is -2.57. The van der Waals surface area contributed by atoms with E-state index in [1.165, 1.54) is 12.8 Å². The average Bonchev–Trinajstić information content (AvgIpc) is 3.67. The third kappa shape index (κ3) is 6.84. The number of fused-ring (bicyclic) bond motifs is 3. The van der Waals surface area contributed by atoms with Gasteiger partial charge in [-0.05, 0) is 117 Å². The number of hydrogen-bond acceptors (Lipinski definition) is 9. The van der Waals surface area contributed by atoms with E-state index < -0.39 is 23.8 Å². The Morgan fingerprint density at radius 1 is 0.833 bits per heavy atom. The molecule has 2 aliphatic carbocycles. The maximum atomic E-state index is 13.8. The fourth-order valence-corrected chi connectivity index (χ4v) is 12.0. The first kappa shape index (κ1) is 38.9. The maximum Gasteiger partial charge on any atom is 0.262 e. The molecule has 2 bridgehead atoms. The van der Waals surface area contributed by atoms with E-state index >= 15 is 0 Å². The predicted octanol–water partition coefficient (Wildman–Crippen LogP) is 6.46. The van der Waals surface area contributed by atoms with Gasteiger partial charge in [0.15, 0.2) is 0 Å². The standard InChI is InChI=1S/C47H49ClN6O6/c48-39-24-35(11-6-30(39)27-49)60-36-22-32-9-10-33(23-36)53(32)44(57)29-4-7-31(8-5-29)51-18-20-52(21-19-51)34-25-47(26-34)16-14-28(15-17-47)37-2-1-3-38-42(37)46(59)54(45(38)58)40-12-13-41(55)50-43(40)56/h1-8,11,24,28,32-34,36,40H,9-10,12-23,25-26H2,(H,50,55,56). The molecule has 12 nitrogen and oxygen atoms in total. The Kier molecular flexibility index (Phi) is 9.95. The molecule has 5 aliphatic heterocycles. The van der Waals surface area contributed by atoms with Gasteiger partial charge in [0.25, 0.3) is 17.7 Å². The number of halogens is 1. The van der Waals surface area contributed by atoms with Gasteiger partial charge in [0.05, 0.1) is 21.7 Å². The highest BCUT2D eigenvalue weighted by atomic mass is 35.5. The zero-order valence-corrected chi connectivity index (χ0v) is 34.4. The van der Waals surface area contributed by atoms with Crippen molar-refractivity contribution in [3.8, 4) is 11.8 Å². The largest absolute Gasteiger partial charge is 0.490 e. The molecule has 1 spiro atoms. The first-order valence-electron chi connectivity index (χ1n) is 21.7. The summed E-state index contributed by atoms with van der Waals surface area (Å²) in [4.78, 5) is 73.5. The van der Waals surface area contributed by atoms with Crippen LogP contribution in [0.5, 0.6) is 5.75 Å². The van der Waals surface area contributed by atoms with Gasteiger partial charge in [0.1, 0.15) is 24.0 Å². The number of piperazine rings is 1. The van der Waals surface area contributed by atoms with Crippen LogP contribution < -0.4 is 15.0 Å². The Hall–Kier alpha value is -5.25. The van der Waals surface area contributed by atoms with Crippen molar-refractivity contribution in [2.45, 2.75) is 113 Å². The lowest BCUT2D eigenvalue weighted by molar-refractivity contribution is -0.136. The number of ether oxygens (including phenoxy) is 1. The average molecular weight is 829 g/mol. The van der Waals surface area contributed by atoms with Crippen LogP contribution in [-0.4, -0.2) is 101 Å². The van der Waals surface area contributed by atoms with Crippen molar-refractivity contribution in [2.24, 2.45) is 5.41 Å². The molecular weight excluding hydrogens is 780 g/mol. The van der Waals surface area contributed by atoms with E-state index in [1.807, 2.05) is 24.3 Å². The molecule has 3 aromatic carbocycles. The summed E-state index contributed by atoms with van der Waals surface area (Å²) < 4.78 is 6.28. The number of nitrogens with zero attached hydrogens (tertiary/aromatic N) is 5. The summed E-state index contributed by atoms with van der Waals surface area (Å²) in [7, 11) is 0. The summed E-state index contributed by atoms with van der Waals surface area (Å²) in [5.74, 6) is -0.863. The number of imide groups is 2. The van der Waals surface area contributed by atoms with E-state index in [4.69, 9.17) is 16.3 Å². The van der Waals surface area contributed by atoms with Crippen molar-refractivity contribution in [3.63, 3.8) is 0 Å². The number of anilines is 1. The van der Waals surface area contributed by atoms with Gasteiger partial charge in [-0.15, -0.1) is 0 Å². The van der Waals surface area contributed by atoms with Crippen molar-refractivity contribution >= 4 is 46.8 Å². The molecule has 7 aliphatic rings. The van der Waals surface area contributed by atoms with Gasteiger partial charge >= 0.3 is 0 Å². The summed E-state index contributed by atoms with van der Waals surface area (Å²) in [5, 5.41) is 11.9. The molecule has 4 saturated heterocycles. The molecule has 13 heteroatoms. The van der Waals surface area contributed by atoms with Crippen molar-refractivity contribution in [2.75, 3.05) is 31.1 Å². The quantitative estimate of drug-likeness (QED) is 0.266. The number of carbonyl (C=O) groups excluding carboxylic acids is 5. The van der Waals surface area contributed by atoms with E-state index in [-0.39, 0.29) is 48.8 Å². The van der Waals surface area contributed by atoms with Crippen LogP contribution in [0.2, 0.25) is 5.02 Å². The number of nitrogens with one attached hydrogen (secondary N) is 1. The monoisotopic (exact) mass is 828 g/mol. The van der Waals surface area contributed by atoms with Crippen LogP contribution in [0.1, 0.15) is 125 Å². The maximum absolute atomic E-state index is 13.8. The second-order valence-electron chi connectivity index (χ2n) is 18.2. The Morgan fingerprint density at radius 2 is 1.55 bits per heavy atom. The van der Waals surface area contributed by atoms with Gasteiger partial charge < -0.3 is 14.5 Å². The van der Waals surface area contributed by atoms with Crippen LogP contribution in [-0.2, 0) is 9.59 Å². The second-order valence-corrected chi connectivity index (χ2v) is 18.6. The number of hydrogen-bond donors (Lipinski definition) is 1. The first-order valence-corrected chi connectivity index (χ1v) is 22.1. The summed E-state index contributed by atoms with van der Waals surface area (Å²) in [5.41, 5.74) is 4.38. The Balaban J connectivity index is 0.694. The molecule has 0 aromatic heterocycles. The van der Waals surface area contributed by atoms with Crippen LogP contribution >= 0.6 is 11.6 Å². The number of nitriles is 1. The van der Waals surface area contributed by atoms with E-state index in [1.54, 1.807) is 24.3 Å². The van der Waals surface area contributed by atoms with E-state index in [0.29, 0.717) is 38.9 Å². The van der Waals surface area contributed by atoms with Gasteiger partial charge in [-0.25, -0.2) is 0 Å². The third-order valence-corrected chi connectivity index (χ3v) is 15.2. The fourth-order valence-electron chi connectivity index (χ4n) is 11.7. The van der Waals surface area contributed by atoms with Crippen LogP contribution in [0.3, 0.4) is 0 Å².